The van der Waals surface area contributed by atoms with Crippen molar-refractivity contribution in [2.45, 2.75) is 20.8 Å². The molecule has 0 aliphatic carbocycles. The third-order valence-corrected chi connectivity index (χ3v) is 5.59. The third kappa shape index (κ3) is 5.75. The van der Waals surface area contributed by atoms with Crippen molar-refractivity contribution in [1.29, 1.82) is 0 Å². The predicted octanol–water partition coefficient (Wildman–Crippen LogP) is 6.05. The van der Waals surface area contributed by atoms with Gasteiger partial charge in [-0.15, -0.1) is 0 Å². The van der Waals surface area contributed by atoms with Crippen LogP contribution in [0.4, 0.5) is 34.9 Å². The molecule has 9 heteroatoms. The fraction of sp³-hybridized carbons (Fsp3) is 0.222. The highest BCUT2D eigenvalue weighted by atomic mass is 16.5. The van der Waals surface area contributed by atoms with Crippen molar-refractivity contribution >= 4 is 34.9 Å². The van der Waals surface area contributed by atoms with Gasteiger partial charge in [0.1, 0.15) is 17.2 Å². The molecule has 0 atom stereocenters. The Morgan fingerprint density at radius 1 is 0.472 bits per heavy atom. The molecule has 0 spiro atoms. The van der Waals surface area contributed by atoms with Crippen LogP contribution < -0.4 is 30.2 Å². The quantitative estimate of drug-likeness (QED) is 0.261. The lowest BCUT2D eigenvalue weighted by Crippen LogP contribution is -2.07. The minimum Gasteiger partial charge on any atom is -0.496 e. The highest BCUT2D eigenvalue weighted by Crippen LogP contribution is 2.27. The molecule has 0 fully saturated rings. The number of hydrogen-bond donors (Lipinski definition) is 3. The van der Waals surface area contributed by atoms with Gasteiger partial charge in [-0.25, -0.2) is 0 Å². The zero-order valence-corrected chi connectivity index (χ0v) is 21.3. The summed E-state index contributed by atoms with van der Waals surface area (Å²) in [6.07, 6.45) is 0. The van der Waals surface area contributed by atoms with Gasteiger partial charge in [-0.3, -0.25) is 0 Å². The first-order chi connectivity index (χ1) is 17.4. The van der Waals surface area contributed by atoms with E-state index < -0.39 is 0 Å². The summed E-state index contributed by atoms with van der Waals surface area (Å²) in [7, 11) is 4.96. The molecule has 1 aromatic heterocycles. The molecular formula is C27H30N6O3. The Hall–Kier alpha value is -4.53. The maximum Gasteiger partial charge on any atom is 0.233 e. The molecule has 3 N–H and O–H groups in total. The Morgan fingerprint density at radius 2 is 0.750 bits per heavy atom. The van der Waals surface area contributed by atoms with Gasteiger partial charge in [-0.1, -0.05) is 0 Å². The predicted molar refractivity (Wildman–Crippen MR) is 143 cm³/mol. The van der Waals surface area contributed by atoms with E-state index in [1.165, 1.54) is 0 Å². The van der Waals surface area contributed by atoms with Crippen LogP contribution in [0.3, 0.4) is 0 Å². The molecular weight excluding hydrogens is 456 g/mol. The minimum atomic E-state index is 0.384. The Bertz CT molecular complexity index is 1200. The van der Waals surface area contributed by atoms with Crippen LogP contribution in [-0.4, -0.2) is 36.3 Å². The van der Waals surface area contributed by atoms with E-state index >= 15 is 0 Å². The SMILES string of the molecule is COc1ccc(Nc2nc(Nc3ccc(OC)c(C)c3)nc(Nc3ccc(OC)c(C)c3)n2)cc1C. The summed E-state index contributed by atoms with van der Waals surface area (Å²) in [5, 5.41) is 9.81. The molecule has 186 valence electrons. The number of ether oxygens (including phenoxy) is 3. The van der Waals surface area contributed by atoms with Crippen LogP contribution in [0.5, 0.6) is 17.2 Å². The van der Waals surface area contributed by atoms with Gasteiger partial charge in [0.25, 0.3) is 0 Å². The van der Waals surface area contributed by atoms with Crippen molar-refractivity contribution in [3.63, 3.8) is 0 Å². The van der Waals surface area contributed by atoms with E-state index in [1.807, 2.05) is 75.4 Å². The molecule has 1 heterocycles. The van der Waals surface area contributed by atoms with Gasteiger partial charge in [0.15, 0.2) is 0 Å². The van der Waals surface area contributed by atoms with Gasteiger partial charge in [-0.05, 0) is 92.1 Å². The van der Waals surface area contributed by atoms with E-state index in [4.69, 9.17) is 14.2 Å². The second-order valence-electron chi connectivity index (χ2n) is 8.23. The Kier molecular flexibility index (Phi) is 7.39. The first kappa shape index (κ1) is 24.6. The summed E-state index contributed by atoms with van der Waals surface area (Å²) >= 11 is 0. The van der Waals surface area contributed by atoms with Gasteiger partial charge >= 0.3 is 0 Å². The fourth-order valence-corrected chi connectivity index (χ4v) is 3.80. The number of anilines is 6. The van der Waals surface area contributed by atoms with Crippen LogP contribution in [0, 0.1) is 20.8 Å². The average Bonchev–Trinajstić information content (AvgIpc) is 2.84. The molecule has 0 radical (unpaired) electrons. The standard InChI is InChI=1S/C27H30N6O3/c1-16-13-19(7-10-22(16)34-4)28-25-31-26(29-20-8-11-23(35-5)17(2)14-20)33-27(32-25)30-21-9-12-24(36-6)18(3)15-21/h7-15H,1-6H3,(H3,28,29,30,31,32,33). The van der Waals surface area contributed by atoms with Crippen LogP contribution in [0.15, 0.2) is 54.6 Å². The monoisotopic (exact) mass is 486 g/mol. The molecule has 0 aliphatic rings. The number of aryl methyl sites for hydroxylation is 3. The second kappa shape index (κ2) is 10.8. The van der Waals surface area contributed by atoms with Gasteiger partial charge in [0, 0.05) is 17.1 Å². The van der Waals surface area contributed by atoms with Crippen molar-refractivity contribution in [3.05, 3.63) is 71.3 Å². The zero-order valence-electron chi connectivity index (χ0n) is 21.3. The Morgan fingerprint density at radius 3 is 0.972 bits per heavy atom. The molecule has 0 saturated heterocycles. The highest BCUT2D eigenvalue weighted by molar-refractivity contribution is 5.64. The minimum absolute atomic E-state index is 0.384. The second-order valence-corrected chi connectivity index (χ2v) is 8.23. The van der Waals surface area contributed by atoms with Crippen molar-refractivity contribution in [2.24, 2.45) is 0 Å². The molecule has 9 nitrogen and oxygen atoms in total. The van der Waals surface area contributed by atoms with E-state index in [0.29, 0.717) is 17.8 Å². The number of nitrogens with zero attached hydrogens (tertiary/aromatic N) is 3. The summed E-state index contributed by atoms with van der Waals surface area (Å²) in [5.74, 6) is 3.59. The Balaban J connectivity index is 1.67. The smallest absolute Gasteiger partial charge is 0.233 e. The van der Waals surface area contributed by atoms with E-state index in [2.05, 4.69) is 30.9 Å². The molecule has 36 heavy (non-hydrogen) atoms. The van der Waals surface area contributed by atoms with Gasteiger partial charge in [0.05, 0.1) is 21.3 Å². The lowest BCUT2D eigenvalue weighted by atomic mass is 10.2. The fourth-order valence-electron chi connectivity index (χ4n) is 3.80. The summed E-state index contributed by atoms with van der Waals surface area (Å²) in [6.45, 7) is 5.94. The topological polar surface area (TPSA) is 102 Å². The number of rotatable bonds is 9. The molecule has 3 aromatic carbocycles. The van der Waals surface area contributed by atoms with Crippen molar-refractivity contribution < 1.29 is 14.2 Å². The maximum absolute atomic E-state index is 5.37. The molecule has 0 bridgehead atoms. The largest absolute Gasteiger partial charge is 0.496 e. The van der Waals surface area contributed by atoms with E-state index in [1.54, 1.807) is 21.3 Å². The van der Waals surface area contributed by atoms with Crippen molar-refractivity contribution in [3.8, 4) is 17.2 Å². The molecule has 0 amide bonds. The summed E-state index contributed by atoms with van der Waals surface area (Å²) in [5.41, 5.74) is 5.48. The van der Waals surface area contributed by atoms with Gasteiger partial charge in [0.2, 0.25) is 17.8 Å². The first-order valence-electron chi connectivity index (χ1n) is 11.4. The molecule has 4 rings (SSSR count). The third-order valence-electron chi connectivity index (χ3n) is 5.59. The number of aromatic nitrogens is 3. The van der Waals surface area contributed by atoms with Crippen LogP contribution >= 0.6 is 0 Å². The summed E-state index contributed by atoms with van der Waals surface area (Å²) in [6, 6.07) is 17.4. The number of methoxy groups -OCH3 is 3. The maximum atomic E-state index is 5.37. The number of hydrogen-bond acceptors (Lipinski definition) is 9. The summed E-state index contributed by atoms with van der Waals surface area (Å²) in [4.78, 5) is 13.8. The average molecular weight is 487 g/mol. The van der Waals surface area contributed by atoms with Crippen LogP contribution in [0.25, 0.3) is 0 Å². The van der Waals surface area contributed by atoms with E-state index in [9.17, 15) is 0 Å². The lowest BCUT2D eigenvalue weighted by molar-refractivity contribution is 0.411. The van der Waals surface area contributed by atoms with Crippen LogP contribution in [-0.2, 0) is 0 Å². The van der Waals surface area contributed by atoms with Crippen LogP contribution in [0.1, 0.15) is 16.7 Å². The first-order valence-corrected chi connectivity index (χ1v) is 11.4. The molecule has 4 aromatic rings. The lowest BCUT2D eigenvalue weighted by Gasteiger charge is -2.14. The highest BCUT2D eigenvalue weighted by Gasteiger charge is 2.11. The van der Waals surface area contributed by atoms with Crippen molar-refractivity contribution in [2.75, 3.05) is 37.3 Å². The molecule has 0 saturated carbocycles. The van der Waals surface area contributed by atoms with Crippen LogP contribution in [0.2, 0.25) is 0 Å². The van der Waals surface area contributed by atoms with Gasteiger partial charge in [-0.2, -0.15) is 15.0 Å². The van der Waals surface area contributed by atoms with Crippen molar-refractivity contribution in [1.82, 2.24) is 15.0 Å². The van der Waals surface area contributed by atoms with E-state index in [-0.39, 0.29) is 0 Å². The summed E-state index contributed by atoms with van der Waals surface area (Å²) < 4.78 is 16.1. The number of benzene rings is 3. The number of nitrogens with one attached hydrogen (secondary N) is 3. The Labute approximate surface area is 210 Å². The zero-order chi connectivity index (χ0) is 25.7. The van der Waals surface area contributed by atoms with E-state index in [0.717, 1.165) is 51.0 Å². The molecule has 0 aliphatic heterocycles. The molecule has 0 unspecified atom stereocenters. The van der Waals surface area contributed by atoms with Gasteiger partial charge < -0.3 is 30.2 Å². The normalized spacial score (nSPS) is 10.5.